The highest BCUT2D eigenvalue weighted by Crippen LogP contribution is 2.26. The first-order chi connectivity index (χ1) is 9.15. The van der Waals surface area contributed by atoms with Gasteiger partial charge in [-0.15, -0.1) is 0 Å². The molecule has 0 amide bonds. The molecule has 1 N–H and O–H groups in total. The molecule has 3 rings (SSSR count). The van der Waals surface area contributed by atoms with Crippen LogP contribution in [-0.2, 0) is 0 Å². The molecule has 1 atom stereocenters. The van der Waals surface area contributed by atoms with Crippen LogP contribution in [0.2, 0.25) is 0 Å². The predicted molar refractivity (Wildman–Crippen MR) is 70.3 cm³/mol. The Morgan fingerprint density at radius 2 is 2.42 bits per heavy atom. The number of oxazole rings is 1. The first-order valence-electron chi connectivity index (χ1n) is 6.13. The highest BCUT2D eigenvalue weighted by atomic mass is 16.6. The number of likely N-dealkylation sites (N-methyl/N-ethyl adjacent to an activating group) is 1. The number of benzene rings is 1. The number of nitro benzene ring substituents is 1. The van der Waals surface area contributed by atoms with E-state index in [2.05, 4.69) is 10.3 Å². The van der Waals surface area contributed by atoms with E-state index in [1.54, 1.807) is 6.07 Å². The van der Waals surface area contributed by atoms with E-state index >= 15 is 0 Å². The van der Waals surface area contributed by atoms with Crippen molar-refractivity contribution < 1.29 is 9.34 Å². The largest absolute Gasteiger partial charge is 0.423 e. The monoisotopic (exact) mass is 262 g/mol. The van der Waals surface area contributed by atoms with Crippen molar-refractivity contribution in [3.05, 3.63) is 28.3 Å². The lowest BCUT2D eigenvalue weighted by molar-refractivity contribution is -0.384. The molecule has 19 heavy (non-hydrogen) atoms. The van der Waals surface area contributed by atoms with Crippen LogP contribution in [0.5, 0.6) is 0 Å². The minimum Gasteiger partial charge on any atom is -0.423 e. The third-order valence-corrected chi connectivity index (χ3v) is 3.45. The maximum atomic E-state index is 10.7. The zero-order valence-corrected chi connectivity index (χ0v) is 10.5. The summed E-state index contributed by atoms with van der Waals surface area (Å²) >= 11 is 0. The number of anilines is 1. The first kappa shape index (κ1) is 11.9. The fourth-order valence-corrected chi connectivity index (χ4v) is 2.29. The van der Waals surface area contributed by atoms with Gasteiger partial charge in [0, 0.05) is 31.8 Å². The Bertz CT molecular complexity index is 618. The van der Waals surface area contributed by atoms with Gasteiger partial charge in [-0.3, -0.25) is 10.1 Å². The predicted octanol–water partition coefficient (Wildman–Crippen LogP) is 1.53. The minimum atomic E-state index is -0.432. The molecular formula is C12H14N4O3. The van der Waals surface area contributed by atoms with Gasteiger partial charge < -0.3 is 14.6 Å². The number of nitrogens with one attached hydrogen (secondary N) is 1. The number of aromatic nitrogens is 1. The number of hydrogen-bond acceptors (Lipinski definition) is 6. The summed E-state index contributed by atoms with van der Waals surface area (Å²) < 4.78 is 5.64. The third-order valence-electron chi connectivity index (χ3n) is 3.45. The van der Waals surface area contributed by atoms with Gasteiger partial charge in [-0.2, -0.15) is 4.98 Å². The molecule has 1 fully saturated rings. The highest BCUT2D eigenvalue weighted by molar-refractivity contribution is 5.77. The molecule has 7 heteroatoms. The Morgan fingerprint density at radius 1 is 1.58 bits per heavy atom. The molecule has 1 aliphatic heterocycles. The quantitative estimate of drug-likeness (QED) is 0.667. The molecule has 0 radical (unpaired) electrons. The summed E-state index contributed by atoms with van der Waals surface area (Å²) in [6.45, 7) is 1.88. The van der Waals surface area contributed by atoms with Gasteiger partial charge in [0.1, 0.15) is 5.52 Å². The molecule has 1 aromatic heterocycles. The molecule has 2 aromatic rings. The number of rotatable bonds is 3. The van der Waals surface area contributed by atoms with E-state index in [4.69, 9.17) is 4.42 Å². The Morgan fingerprint density at radius 3 is 3.11 bits per heavy atom. The van der Waals surface area contributed by atoms with E-state index < -0.39 is 4.92 Å². The van der Waals surface area contributed by atoms with Crippen LogP contribution in [0.1, 0.15) is 6.42 Å². The average molecular weight is 262 g/mol. The summed E-state index contributed by atoms with van der Waals surface area (Å²) in [4.78, 5) is 16.6. The highest BCUT2D eigenvalue weighted by Gasteiger charge is 2.23. The van der Waals surface area contributed by atoms with Crippen molar-refractivity contribution in [2.75, 3.05) is 25.0 Å². The second kappa shape index (κ2) is 4.51. The van der Waals surface area contributed by atoms with Gasteiger partial charge in [0.25, 0.3) is 11.7 Å². The summed E-state index contributed by atoms with van der Waals surface area (Å²) in [5, 5.41) is 14.0. The van der Waals surface area contributed by atoms with Crippen LogP contribution in [0.15, 0.2) is 22.6 Å². The van der Waals surface area contributed by atoms with Crippen molar-refractivity contribution in [3.63, 3.8) is 0 Å². The van der Waals surface area contributed by atoms with Gasteiger partial charge in [0.2, 0.25) is 0 Å². The molecule has 0 aliphatic carbocycles. The zero-order chi connectivity index (χ0) is 13.4. The van der Waals surface area contributed by atoms with Crippen molar-refractivity contribution in [2.24, 2.45) is 0 Å². The van der Waals surface area contributed by atoms with E-state index in [1.807, 2.05) is 11.9 Å². The Balaban J connectivity index is 1.94. The smallest absolute Gasteiger partial charge is 0.298 e. The Hall–Kier alpha value is -2.15. The van der Waals surface area contributed by atoms with Gasteiger partial charge in [-0.25, -0.2) is 0 Å². The van der Waals surface area contributed by atoms with Crippen LogP contribution in [0, 0.1) is 10.1 Å². The molecule has 1 aromatic carbocycles. The average Bonchev–Trinajstić information content (AvgIpc) is 3.06. The fraction of sp³-hybridized carbons (Fsp3) is 0.417. The van der Waals surface area contributed by atoms with E-state index in [0.29, 0.717) is 23.2 Å². The minimum absolute atomic E-state index is 0.0255. The summed E-state index contributed by atoms with van der Waals surface area (Å²) in [5.41, 5.74) is 1.11. The summed E-state index contributed by atoms with van der Waals surface area (Å²) in [6, 6.07) is 5.30. The van der Waals surface area contributed by atoms with E-state index in [1.165, 1.54) is 12.1 Å². The van der Waals surface area contributed by atoms with Crippen LogP contribution >= 0.6 is 0 Å². The number of non-ortho nitro benzene ring substituents is 1. The Kier molecular flexibility index (Phi) is 2.83. The number of hydrogen-bond donors (Lipinski definition) is 1. The van der Waals surface area contributed by atoms with Crippen molar-refractivity contribution in [1.82, 2.24) is 10.3 Å². The van der Waals surface area contributed by atoms with Crippen LogP contribution in [0.4, 0.5) is 11.7 Å². The maximum absolute atomic E-state index is 10.7. The SMILES string of the molecule is CN(c1nc2cc([N+](=O)[O-])ccc2o1)[C@H]1CCNC1. The van der Waals surface area contributed by atoms with Gasteiger partial charge in [0.15, 0.2) is 5.58 Å². The molecule has 100 valence electrons. The first-order valence-corrected chi connectivity index (χ1v) is 6.13. The topological polar surface area (TPSA) is 84.4 Å². The van der Waals surface area contributed by atoms with Crippen LogP contribution in [0.3, 0.4) is 0 Å². The molecule has 7 nitrogen and oxygen atoms in total. The van der Waals surface area contributed by atoms with Crippen molar-refractivity contribution in [2.45, 2.75) is 12.5 Å². The van der Waals surface area contributed by atoms with E-state index in [9.17, 15) is 10.1 Å². The summed E-state index contributed by atoms with van der Waals surface area (Å²) in [6.07, 6.45) is 1.04. The van der Waals surface area contributed by atoms with Crippen molar-refractivity contribution >= 4 is 22.8 Å². The third kappa shape index (κ3) is 2.12. The molecule has 0 saturated carbocycles. The Labute approximate surface area is 109 Å². The normalized spacial score (nSPS) is 18.9. The molecule has 0 unspecified atom stereocenters. The fourth-order valence-electron chi connectivity index (χ4n) is 2.29. The van der Waals surface area contributed by atoms with Crippen molar-refractivity contribution in [1.29, 1.82) is 0 Å². The van der Waals surface area contributed by atoms with E-state index in [0.717, 1.165) is 19.5 Å². The van der Waals surface area contributed by atoms with Crippen LogP contribution in [-0.4, -0.2) is 36.1 Å². The number of nitrogens with zero attached hydrogens (tertiary/aromatic N) is 3. The molecule has 1 aliphatic rings. The summed E-state index contributed by atoms with van der Waals surface area (Å²) in [7, 11) is 1.93. The molecule has 1 saturated heterocycles. The lowest BCUT2D eigenvalue weighted by atomic mass is 10.2. The van der Waals surface area contributed by atoms with Gasteiger partial charge in [0.05, 0.1) is 4.92 Å². The standard InChI is InChI=1S/C12H14N4O3/c1-15(9-4-5-13-7-9)12-14-10-6-8(16(17)18)2-3-11(10)19-12/h2-3,6,9,13H,4-5,7H2,1H3/t9-/m0/s1. The zero-order valence-electron chi connectivity index (χ0n) is 10.5. The molecule has 0 bridgehead atoms. The lowest BCUT2D eigenvalue weighted by Crippen LogP contribution is -2.33. The second-order valence-corrected chi connectivity index (χ2v) is 4.66. The van der Waals surface area contributed by atoms with E-state index in [-0.39, 0.29) is 5.69 Å². The maximum Gasteiger partial charge on any atom is 0.298 e. The number of fused-ring (bicyclic) bond motifs is 1. The second-order valence-electron chi connectivity index (χ2n) is 4.66. The van der Waals surface area contributed by atoms with Crippen LogP contribution in [0.25, 0.3) is 11.1 Å². The molecule has 2 heterocycles. The van der Waals surface area contributed by atoms with Gasteiger partial charge in [-0.1, -0.05) is 0 Å². The summed E-state index contributed by atoms with van der Waals surface area (Å²) in [5.74, 6) is 0. The van der Waals surface area contributed by atoms with Gasteiger partial charge in [-0.05, 0) is 19.0 Å². The van der Waals surface area contributed by atoms with Crippen LogP contribution < -0.4 is 10.2 Å². The molecule has 0 spiro atoms. The van der Waals surface area contributed by atoms with Crippen molar-refractivity contribution in [3.8, 4) is 0 Å². The number of nitro groups is 1. The molecular weight excluding hydrogens is 248 g/mol. The lowest BCUT2D eigenvalue weighted by Gasteiger charge is -2.21. The van der Waals surface area contributed by atoms with Gasteiger partial charge >= 0.3 is 0 Å².